The Balaban J connectivity index is 3.70. The van der Waals surface area contributed by atoms with Crippen LogP contribution in [0.5, 0.6) is 0 Å². The molecule has 0 spiro atoms. The maximum atomic E-state index is 10.9. The summed E-state index contributed by atoms with van der Waals surface area (Å²) < 4.78 is 0. The van der Waals surface area contributed by atoms with Gasteiger partial charge in [0.15, 0.2) is 0 Å². The van der Waals surface area contributed by atoms with Gasteiger partial charge in [0.1, 0.15) is 0 Å². The molecule has 2 N–H and O–H groups in total. The van der Waals surface area contributed by atoms with Gasteiger partial charge in [-0.25, -0.2) is 0 Å². The lowest BCUT2D eigenvalue weighted by Gasteiger charge is -2.18. The first-order valence-corrected chi connectivity index (χ1v) is 4.59. The molecule has 0 aliphatic carbocycles. The molecule has 5 heteroatoms. The summed E-state index contributed by atoms with van der Waals surface area (Å²) in [6.07, 6.45) is 0.402. The van der Waals surface area contributed by atoms with E-state index in [0.29, 0.717) is 19.5 Å². The van der Waals surface area contributed by atoms with Crippen molar-refractivity contribution in [2.24, 2.45) is 5.92 Å². The molecule has 0 aromatic carbocycles. The summed E-state index contributed by atoms with van der Waals surface area (Å²) in [6, 6.07) is 0. The quantitative estimate of drug-likeness (QED) is 0.624. The van der Waals surface area contributed by atoms with Crippen LogP contribution >= 0.6 is 0 Å². The van der Waals surface area contributed by atoms with Gasteiger partial charge in [0.25, 0.3) is 0 Å². The maximum absolute atomic E-state index is 10.9. The monoisotopic (exact) mass is 202 g/mol. The number of nitrogens with one attached hydrogen (secondary N) is 1. The van der Waals surface area contributed by atoms with E-state index < -0.39 is 11.9 Å². The number of carbonyl (C=O) groups is 2. The summed E-state index contributed by atoms with van der Waals surface area (Å²) in [5, 5.41) is 11.2. The van der Waals surface area contributed by atoms with Crippen LogP contribution in [-0.2, 0) is 9.59 Å². The minimum atomic E-state index is -0.809. The number of carboxylic acids is 1. The molecule has 82 valence electrons. The molecule has 0 aliphatic heterocycles. The molecule has 1 unspecified atom stereocenters. The molecule has 0 heterocycles. The van der Waals surface area contributed by atoms with Gasteiger partial charge >= 0.3 is 5.97 Å². The third-order valence-electron chi connectivity index (χ3n) is 2.01. The van der Waals surface area contributed by atoms with Gasteiger partial charge in [-0.15, -0.1) is 0 Å². The molecule has 0 aliphatic rings. The van der Waals surface area contributed by atoms with Gasteiger partial charge in [0.2, 0.25) is 5.91 Å². The van der Waals surface area contributed by atoms with E-state index in [1.807, 2.05) is 11.9 Å². The van der Waals surface area contributed by atoms with E-state index in [-0.39, 0.29) is 5.91 Å². The number of carbonyl (C=O) groups excluding carboxylic acids is 1. The number of amides is 1. The summed E-state index contributed by atoms with van der Waals surface area (Å²) in [4.78, 5) is 23.2. The van der Waals surface area contributed by atoms with Crippen molar-refractivity contribution in [3.63, 3.8) is 0 Å². The third-order valence-corrected chi connectivity index (χ3v) is 2.01. The first kappa shape index (κ1) is 12.9. The van der Waals surface area contributed by atoms with Crippen LogP contribution in [0.3, 0.4) is 0 Å². The van der Waals surface area contributed by atoms with E-state index in [4.69, 9.17) is 5.11 Å². The molecule has 0 radical (unpaired) electrons. The second kappa shape index (κ2) is 6.37. The second-order valence-corrected chi connectivity index (χ2v) is 3.42. The van der Waals surface area contributed by atoms with E-state index in [1.165, 1.54) is 0 Å². The summed E-state index contributed by atoms with van der Waals surface area (Å²) in [5.41, 5.74) is 0. The lowest BCUT2D eigenvalue weighted by molar-refractivity contribution is -0.141. The van der Waals surface area contributed by atoms with Crippen molar-refractivity contribution in [1.82, 2.24) is 10.2 Å². The zero-order valence-electron chi connectivity index (χ0n) is 8.91. The van der Waals surface area contributed by atoms with Crippen molar-refractivity contribution in [2.45, 2.75) is 13.3 Å². The summed E-state index contributed by atoms with van der Waals surface area (Å²) in [7, 11) is 3.39. The standard InChI is InChI=1S/C9H18N2O3/c1-7(9(13)14)6-11(3)5-4-8(12)10-2/h7H,4-6H2,1-3H3,(H,10,12)(H,13,14). The molecule has 1 atom stereocenters. The van der Waals surface area contributed by atoms with E-state index in [9.17, 15) is 9.59 Å². The van der Waals surface area contributed by atoms with Crippen LogP contribution in [0.2, 0.25) is 0 Å². The molecular weight excluding hydrogens is 184 g/mol. The Bertz CT molecular complexity index is 206. The Morgan fingerprint density at radius 1 is 1.50 bits per heavy atom. The number of hydrogen-bond donors (Lipinski definition) is 2. The van der Waals surface area contributed by atoms with Gasteiger partial charge in [-0.05, 0) is 7.05 Å². The topological polar surface area (TPSA) is 69.6 Å². The molecule has 0 rings (SSSR count). The lowest BCUT2D eigenvalue weighted by Crippen LogP contribution is -2.32. The smallest absolute Gasteiger partial charge is 0.307 e. The minimum absolute atomic E-state index is 0.0279. The Kier molecular flexibility index (Phi) is 5.87. The molecule has 0 bridgehead atoms. The van der Waals surface area contributed by atoms with Crippen LogP contribution in [0.15, 0.2) is 0 Å². The van der Waals surface area contributed by atoms with Crippen molar-refractivity contribution in [3.05, 3.63) is 0 Å². The van der Waals surface area contributed by atoms with Crippen molar-refractivity contribution < 1.29 is 14.7 Å². The highest BCUT2D eigenvalue weighted by molar-refractivity contribution is 5.75. The van der Waals surface area contributed by atoms with Gasteiger partial charge in [-0.1, -0.05) is 6.92 Å². The third kappa shape index (κ3) is 5.53. The van der Waals surface area contributed by atoms with Crippen LogP contribution < -0.4 is 5.32 Å². The fraction of sp³-hybridized carbons (Fsp3) is 0.778. The fourth-order valence-corrected chi connectivity index (χ4v) is 1.05. The van der Waals surface area contributed by atoms with Crippen molar-refractivity contribution in [3.8, 4) is 0 Å². The fourth-order valence-electron chi connectivity index (χ4n) is 1.05. The molecular formula is C9H18N2O3. The van der Waals surface area contributed by atoms with Crippen LogP contribution in [0.25, 0.3) is 0 Å². The molecule has 5 nitrogen and oxygen atoms in total. The number of nitrogens with zero attached hydrogens (tertiary/aromatic N) is 1. The second-order valence-electron chi connectivity index (χ2n) is 3.42. The highest BCUT2D eigenvalue weighted by Crippen LogP contribution is 1.98. The van der Waals surface area contributed by atoms with Crippen molar-refractivity contribution in [2.75, 3.05) is 27.2 Å². The molecule has 0 saturated heterocycles. The molecule has 1 amide bonds. The predicted molar refractivity (Wildman–Crippen MR) is 53.0 cm³/mol. The van der Waals surface area contributed by atoms with Gasteiger partial charge in [-0.2, -0.15) is 0 Å². The summed E-state index contributed by atoms with van der Waals surface area (Å²) in [5.74, 6) is -1.23. The predicted octanol–water partition coefficient (Wildman–Crippen LogP) is -0.225. The van der Waals surface area contributed by atoms with Gasteiger partial charge in [0, 0.05) is 26.6 Å². The number of carboxylic acid groups (broad SMARTS) is 1. The van der Waals surface area contributed by atoms with Crippen molar-refractivity contribution in [1.29, 1.82) is 0 Å². The normalized spacial score (nSPS) is 12.6. The van der Waals surface area contributed by atoms with E-state index in [1.54, 1.807) is 14.0 Å². The highest BCUT2D eigenvalue weighted by Gasteiger charge is 2.13. The summed E-state index contributed by atoms with van der Waals surface area (Å²) in [6.45, 7) is 2.70. The number of aliphatic carboxylic acids is 1. The maximum Gasteiger partial charge on any atom is 0.307 e. The number of rotatable bonds is 6. The van der Waals surface area contributed by atoms with Crippen LogP contribution in [0.4, 0.5) is 0 Å². The first-order chi connectivity index (χ1) is 6.47. The molecule has 0 aromatic heterocycles. The average molecular weight is 202 g/mol. The minimum Gasteiger partial charge on any atom is -0.481 e. The van der Waals surface area contributed by atoms with Crippen LogP contribution in [0, 0.1) is 5.92 Å². The van der Waals surface area contributed by atoms with Crippen molar-refractivity contribution >= 4 is 11.9 Å². The molecule has 0 saturated carbocycles. The summed E-state index contributed by atoms with van der Waals surface area (Å²) >= 11 is 0. The Hall–Kier alpha value is -1.10. The van der Waals surface area contributed by atoms with E-state index >= 15 is 0 Å². The molecule has 14 heavy (non-hydrogen) atoms. The first-order valence-electron chi connectivity index (χ1n) is 4.59. The van der Waals surface area contributed by atoms with Crippen LogP contribution in [-0.4, -0.2) is 49.1 Å². The van der Waals surface area contributed by atoms with Gasteiger partial charge < -0.3 is 15.3 Å². The zero-order chi connectivity index (χ0) is 11.1. The zero-order valence-corrected chi connectivity index (χ0v) is 8.91. The molecule has 0 aromatic rings. The average Bonchev–Trinajstić information content (AvgIpc) is 2.13. The SMILES string of the molecule is CNC(=O)CCN(C)CC(C)C(=O)O. The van der Waals surface area contributed by atoms with E-state index in [2.05, 4.69) is 5.32 Å². The highest BCUT2D eigenvalue weighted by atomic mass is 16.4. The number of hydrogen-bond acceptors (Lipinski definition) is 3. The Labute approximate surface area is 84.1 Å². The van der Waals surface area contributed by atoms with Crippen LogP contribution in [0.1, 0.15) is 13.3 Å². The van der Waals surface area contributed by atoms with E-state index in [0.717, 1.165) is 0 Å². The van der Waals surface area contributed by atoms with Gasteiger partial charge in [-0.3, -0.25) is 9.59 Å². The lowest BCUT2D eigenvalue weighted by atomic mass is 10.2. The Morgan fingerprint density at radius 3 is 2.50 bits per heavy atom. The largest absolute Gasteiger partial charge is 0.481 e. The Morgan fingerprint density at radius 2 is 2.07 bits per heavy atom. The molecule has 0 fully saturated rings. The van der Waals surface area contributed by atoms with Gasteiger partial charge in [0.05, 0.1) is 5.92 Å².